The van der Waals surface area contributed by atoms with Crippen LogP contribution in [0.1, 0.15) is 35.9 Å². The number of hydrogen-bond donors (Lipinski definition) is 1. The van der Waals surface area contributed by atoms with Crippen molar-refractivity contribution in [3.63, 3.8) is 0 Å². The van der Waals surface area contributed by atoms with Crippen LogP contribution in [0.15, 0.2) is 18.2 Å². The summed E-state index contributed by atoms with van der Waals surface area (Å²) in [7, 11) is 0. The molecule has 1 N–H and O–H groups in total. The number of fused-ring (bicyclic) bond motifs is 1. The van der Waals surface area contributed by atoms with Gasteiger partial charge >= 0.3 is 0 Å². The Morgan fingerprint density at radius 2 is 2.03 bits per heavy atom. The first kappa shape index (κ1) is 21.1. The Labute approximate surface area is 186 Å². The largest absolute Gasteiger partial charge is 0.345 e. The molecule has 8 heteroatoms. The second kappa shape index (κ2) is 8.94. The Balaban J connectivity index is 1.37. The van der Waals surface area contributed by atoms with Crippen LogP contribution in [0.3, 0.4) is 0 Å². The number of nitrogens with one attached hydrogen (secondary N) is 1. The van der Waals surface area contributed by atoms with E-state index in [4.69, 9.17) is 16.6 Å². The number of piperazine rings is 1. The van der Waals surface area contributed by atoms with Crippen LogP contribution in [0.4, 0.5) is 10.8 Å². The number of rotatable bonds is 4. The smallest absolute Gasteiger partial charge is 0.227 e. The van der Waals surface area contributed by atoms with Gasteiger partial charge in [0.1, 0.15) is 0 Å². The molecule has 1 aliphatic heterocycles. The molecule has 30 heavy (non-hydrogen) atoms. The van der Waals surface area contributed by atoms with Crippen LogP contribution in [0, 0.1) is 12.8 Å². The lowest BCUT2D eigenvalue weighted by Crippen LogP contribution is -2.48. The van der Waals surface area contributed by atoms with Crippen LogP contribution in [-0.4, -0.2) is 47.9 Å². The monoisotopic (exact) mass is 446 g/mol. The summed E-state index contributed by atoms with van der Waals surface area (Å²) in [5.41, 5.74) is 2.87. The zero-order valence-electron chi connectivity index (χ0n) is 17.4. The van der Waals surface area contributed by atoms with Crippen LogP contribution in [-0.2, 0) is 22.4 Å². The van der Waals surface area contributed by atoms with Gasteiger partial charge in [0.25, 0.3) is 0 Å². The average molecular weight is 447 g/mol. The molecule has 2 aromatic rings. The van der Waals surface area contributed by atoms with Crippen molar-refractivity contribution in [1.29, 1.82) is 0 Å². The highest BCUT2D eigenvalue weighted by Gasteiger charge is 2.29. The molecule has 1 aromatic heterocycles. The fourth-order valence-electron chi connectivity index (χ4n) is 4.01. The quantitative estimate of drug-likeness (QED) is 0.773. The number of aromatic nitrogens is 1. The average Bonchev–Trinajstić information content (AvgIpc) is 3.19. The van der Waals surface area contributed by atoms with Crippen molar-refractivity contribution in [2.24, 2.45) is 5.92 Å². The molecule has 1 aromatic carbocycles. The number of hydrogen-bond acceptors (Lipinski definition) is 5. The van der Waals surface area contributed by atoms with E-state index in [9.17, 15) is 9.59 Å². The molecule has 2 heterocycles. The summed E-state index contributed by atoms with van der Waals surface area (Å²) in [6.45, 7) is 6.98. The predicted molar refractivity (Wildman–Crippen MR) is 122 cm³/mol. The van der Waals surface area contributed by atoms with Gasteiger partial charge in [0.2, 0.25) is 11.8 Å². The van der Waals surface area contributed by atoms with Crippen molar-refractivity contribution in [1.82, 2.24) is 9.88 Å². The molecule has 2 amide bonds. The van der Waals surface area contributed by atoms with Crippen molar-refractivity contribution < 1.29 is 9.59 Å². The molecular weight excluding hydrogens is 420 g/mol. The Morgan fingerprint density at radius 1 is 1.27 bits per heavy atom. The zero-order valence-corrected chi connectivity index (χ0v) is 19.0. The summed E-state index contributed by atoms with van der Waals surface area (Å²) in [6, 6.07) is 5.61. The normalized spacial score (nSPS) is 18.8. The molecule has 160 valence electrons. The minimum absolute atomic E-state index is 0.0437. The van der Waals surface area contributed by atoms with Gasteiger partial charge in [0, 0.05) is 54.1 Å². The van der Waals surface area contributed by atoms with Gasteiger partial charge in [0.15, 0.2) is 5.13 Å². The van der Waals surface area contributed by atoms with Crippen LogP contribution < -0.4 is 10.2 Å². The first-order valence-electron chi connectivity index (χ1n) is 10.5. The van der Waals surface area contributed by atoms with Crippen LogP contribution in [0.2, 0.25) is 5.02 Å². The second-order valence-corrected chi connectivity index (χ2v) is 9.45. The number of carbonyl (C=O) groups is 2. The molecule has 0 radical (unpaired) electrons. The Bertz CT molecular complexity index is 953. The minimum Gasteiger partial charge on any atom is -0.345 e. The van der Waals surface area contributed by atoms with Crippen molar-refractivity contribution in [3.8, 4) is 0 Å². The van der Waals surface area contributed by atoms with Crippen molar-refractivity contribution in [2.75, 3.05) is 36.4 Å². The topological polar surface area (TPSA) is 65.5 Å². The van der Waals surface area contributed by atoms with E-state index in [0.29, 0.717) is 11.4 Å². The maximum absolute atomic E-state index is 12.8. The third kappa shape index (κ3) is 4.47. The zero-order chi connectivity index (χ0) is 21.3. The summed E-state index contributed by atoms with van der Waals surface area (Å²) >= 11 is 7.88. The molecule has 1 aliphatic carbocycles. The fourth-order valence-corrected chi connectivity index (χ4v) is 5.42. The maximum atomic E-state index is 12.8. The van der Waals surface area contributed by atoms with Crippen LogP contribution in [0.5, 0.6) is 0 Å². The lowest BCUT2D eigenvalue weighted by molar-refractivity contribution is -0.131. The molecule has 0 bridgehead atoms. The van der Waals surface area contributed by atoms with E-state index in [1.165, 1.54) is 4.88 Å². The number of carbonyl (C=O) groups excluding carboxylic acids is 2. The van der Waals surface area contributed by atoms with E-state index in [-0.39, 0.29) is 17.7 Å². The number of thiazole rings is 1. The summed E-state index contributed by atoms with van der Waals surface area (Å²) in [5.74, 6) is 0.212. The Morgan fingerprint density at radius 3 is 2.73 bits per heavy atom. The van der Waals surface area contributed by atoms with E-state index < -0.39 is 0 Å². The van der Waals surface area contributed by atoms with E-state index in [1.54, 1.807) is 17.4 Å². The molecule has 1 atom stereocenters. The van der Waals surface area contributed by atoms with E-state index in [0.717, 1.165) is 67.5 Å². The number of aryl methyl sites for hydroxylation is 2. The minimum atomic E-state index is -0.0510. The molecule has 6 nitrogen and oxygen atoms in total. The van der Waals surface area contributed by atoms with Gasteiger partial charge in [0.05, 0.1) is 5.69 Å². The molecule has 2 aliphatic rings. The summed E-state index contributed by atoms with van der Waals surface area (Å²) in [4.78, 5) is 34.9. The summed E-state index contributed by atoms with van der Waals surface area (Å²) < 4.78 is 0. The van der Waals surface area contributed by atoms with Gasteiger partial charge < -0.3 is 15.1 Å². The van der Waals surface area contributed by atoms with E-state index in [1.807, 2.05) is 30.9 Å². The van der Waals surface area contributed by atoms with Gasteiger partial charge in [-0.3, -0.25) is 9.59 Å². The fraction of sp³-hybridized carbons (Fsp3) is 0.500. The SMILES string of the molecule is CCC(=O)N1CCN(c2nc3c(s2)CC(C(=O)Nc2ccc(C)c(Cl)c2)CC3)CC1. The number of benzene rings is 1. The van der Waals surface area contributed by atoms with E-state index >= 15 is 0 Å². The summed E-state index contributed by atoms with van der Waals surface area (Å²) in [5, 5.41) is 4.70. The number of halogens is 1. The third-order valence-electron chi connectivity index (χ3n) is 5.94. The van der Waals surface area contributed by atoms with Crippen molar-refractivity contribution in [3.05, 3.63) is 39.4 Å². The lowest BCUT2D eigenvalue weighted by atomic mass is 9.90. The van der Waals surface area contributed by atoms with Gasteiger partial charge in [-0.15, -0.1) is 11.3 Å². The number of anilines is 2. The Hall–Kier alpha value is -2.12. The molecule has 0 saturated carbocycles. The van der Waals surface area contributed by atoms with Gasteiger partial charge in [-0.2, -0.15) is 0 Å². The number of nitrogens with zero attached hydrogens (tertiary/aromatic N) is 3. The maximum Gasteiger partial charge on any atom is 0.227 e. The molecule has 1 saturated heterocycles. The Kier molecular flexibility index (Phi) is 6.29. The second-order valence-electron chi connectivity index (χ2n) is 7.98. The van der Waals surface area contributed by atoms with Gasteiger partial charge in [-0.25, -0.2) is 4.98 Å². The molecule has 1 fully saturated rings. The number of amides is 2. The standard InChI is InChI=1S/C22H27ClN4O2S/c1-3-20(28)26-8-10-27(11-9-26)22-25-18-7-5-15(12-19(18)30-22)21(29)24-16-6-4-14(2)17(23)13-16/h4,6,13,15H,3,5,7-12H2,1-2H3,(H,24,29). The van der Waals surface area contributed by atoms with Crippen LogP contribution >= 0.6 is 22.9 Å². The van der Waals surface area contributed by atoms with Crippen LogP contribution in [0.25, 0.3) is 0 Å². The lowest BCUT2D eigenvalue weighted by Gasteiger charge is -2.34. The molecule has 4 rings (SSSR count). The highest BCUT2D eigenvalue weighted by molar-refractivity contribution is 7.15. The highest BCUT2D eigenvalue weighted by Crippen LogP contribution is 2.35. The third-order valence-corrected chi connectivity index (χ3v) is 7.53. The first-order chi connectivity index (χ1) is 14.4. The molecule has 1 unspecified atom stereocenters. The van der Waals surface area contributed by atoms with Gasteiger partial charge in [-0.1, -0.05) is 24.6 Å². The van der Waals surface area contributed by atoms with E-state index in [2.05, 4.69) is 10.2 Å². The first-order valence-corrected chi connectivity index (χ1v) is 11.7. The predicted octanol–water partition coefficient (Wildman–Crippen LogP) is 3.91. The molecule has 0 spiro atoms. The van der Waals surface area contributed by atoms with Gasteiger partial charge in [-0.05, 0) is 43.9 Å². The van der Waals surface area contributed by atoms with Crippen molar-refractivity contribution >= 4 is 45.6 Å². The van der Waals surface area contributed by atoms with Crippen molar-refractivity contribution in [2.45, 2.75) is 39.5 Å². The molecular formula is C22H27ClN4O2S. The summed E-state index contributed by atoms with van der Waals surface area (Å²) in [6.07, 6.45) is 2.92. The highest BCUT2D eigenvalue weighted by atomic mass is 35.5.